The summed E-state index contributed by atoms with van der Waals surface area (Å²) < 4.78 is 5.38. The zero-order valence-electron chi connectivity index (χ0n) is 14.8. The minimum atomic E-state index is -0.185. The number of amides is 2. The van der Waals surface area contributed by atoms with Gasteiger partial charge in [-0.25, -0.2) is 0 Å². The summed E-state index contributed by atoms with van der Waals surface area (Å²) in [4.78, 5) is 29.4. The molecule has 0 spiro atoms. The van der Waals surface area contributed by atoms with Crippen LogP contribution < -0.4 is 9.80 Å². The van der Waals surface area contributed by atoms with Crippen molar-refractivity contribution >= 4 is 23.2 Å². The van der Waals surface area contributed by atoms with Gasteiger partial charge in [0.15, 0.2) is 0 Å². The SMILES string of the molecule is CC1=C(C)C[C@H]2C(=O)N(c3ccc(N4CCOCC4)cc3)C(=O)[C@H]2C1. The van der Waals surface area contributed by atoms with Gasteiger partial charge < -0.3 is 9.64 Å². The summed E-state index contributed by atoms with van der Waals surface area (Å²) in [7, 11) is 0. The van der Waals surface area contributed by atoms with Gasteiger partial charge in [0.2, 0.25) is 11.8 Å². The lowest BCUT2D eigenvalue weighted by Gasteiger charge is -2.29. The molecule has 2 saturated heterocycles. The number of hydrogen-bond donors (Lipinski definition) is 0. The van der Waals surface area contributed by atoms with E-state index in [9.17, 15) is 9.59 Å². The third kappa shape index (κ3) is 2.76. The van der Waals surface area contributed by atoms with E-state index in [1.54, 1.807) is 0 Å². The number of allylic oxidation sites excluding steroid dienone is 2. The molecule has 2 fully saturated rings. The Hall–Kier alpha value is -2.14. The Morgan fingerprint density at radius 3 is 1.84 bits per heavy atom. The van der Waals surface area contributed by atoms with Crippen molar-refractivity contribution in [2.24, 2.45) is 11.8 Å². The highest BCUT2D eigenvalue weighted by Gasteiger charge is 2.49. The molecule has 0 aromatic heterocycles. The molecule has 5 nitrogen and oxygen atoms in total. The summed E-state index contributed by atoms with van der Waals surface area (Å²) in [6.45, 7) is 7.36. The molecule has 3 aliphatic rings. The Kier molecular flexibility index (Phi) is 4.12. The van der Waals surface area contributed by atoms with Gasteiger partial charge >= 0.3 is 0 Å². The Morgan fingerprint density at radius 1 is 0.840 bits per heavy atom. The first-order valence-electron chi connectivity index (χ1n) is 9.02. The largest absolute Gasteiger partial charge is 0.378 e. The van der Waals surface area contributed by atoms with E-state index in [4.69, 9.17) is 4.74 Å². The van der Waals surface area contributed by atoms with Crippen LogP contribution in [0.2, 0.25) is 0 Å². The van der Waals surface area contributed by atoms with Crippen molar-refractivity contribution in [1.29, 1.82) is 0 Å². The highest BCUT2D eigenvalue weighted by Crippen LogP contribution is 2.42. The second-order valence-electron chi connectivity index (χ2n) is 7.31. The second-order valence-corrected chi connectivity index (χ2v) is 7.31. The fourth-order valence-corrected chi connectivity index (χ4v) is 4.14. The predicted molar refractivity (Wildman–Crippen MR) is 96.6 cm³/mol. The molecule has 0 radical (unpaired) electrons. The number of anilines is 2. The number of hydrogen-bond acceptors (Lipinski definition) is 4. The number of fused-ring (bicyclic) bond motifs is 1. The molecule has 2 aliphatic heterocycles. The summed E-state index contributed by atoms with van der Waals surface area (Å²) >= 11 is 0. The van der Waals surface area contributed by atoms with Crippen LogP contribution in [-0.2, 0) is 14.3 Å². The summed E-state index contributed by atoms with van der Waals surface area (Å²) in [5.74, 6) is -0.452. The van der Waals surface area contributed by atoms with E-state index in [0.717, 1.165) is 32.0 Å². The second kappa shape index (κ2) is 6.30. The highest BCUT2D eigenvalue weighted by molar-refractivity contribution is 6.22. The van der Waals surface area contributed by atoms with Gasteiger partial charge in [-0.2, -0.15) is 0 Å². The van der Waals surface area contributed by atoms with Gasteiger partial charge in [-0.05, 0) is 51.0 Å². The zero-order valence-corrected chi connectivity index (χ0v) is 14.8. The average molecular weight is 340 g/mol. The molecule has 2 atom stereocenters. The molecule has 0 unspecified atom stereocenters. The maximum absolute atomic E-state index is 12.8. The lowest BCUT2D eigenvalue weighted by atomic mass is 9.78. The topological polar surface area (TPSA) is 49.9 Å². The molecule has 25 heavy (non-hydrogen) atoms. The average Bonchev–Trinajstić information content (AvgIpc) is 2.87. The predicted octanol–water partition coefficient (Wildman–Crippen LogP) is 2.76. The van der Waals surface area contributed by atoms with Gasteiger partial charge in [-0.3, -0.25) is 14.5 Å². The van der Waals surface area contributed by atoms with Crippen molar-refractivity contribution in [3.63, 3.8) is 0 Å². The molecule has 0 bridgehead atoms. The quantitative estimate of drug-likeness (QED) is 0.614. The molecule has 1 aromatic carbocycles. The van der Waals surface area contributed by atoms with Crippen LogP contribution in [0.4, 0.5) is 11.4 Å². The van der Waals surface area contributed by atoms with E-state index in [0.29, 0.717) is 18.5 Å². The summed E-state index contributed by atoms with van der Waals surface area (Å²) in [6, 6.07) is 7.78. The van der Waals surface area contributed by atoms with Crippen LogP contribution in [0, 0.1) is 11.8 Å². The van der Waals surface area contributed by atoms with Crippen LogP contribution in [0.3, 0.4) is 0 Å². The van der Waals surface area contributed by atoms with Gasteiger partial charge in [-0.1, -0.05) is 11.1 Å². The number of ether oxygens (including phenoxy) is 1. The maximum atomic E-state index is 12.8. The number of nitrogens with zero attached hydrogens (tertiary/aromatic N) is 2. The highest BCUT2D eigenvalue weighted by atomic mass is 16.5. The molecule has 2 amide bonds. The molecule has 1 aromatic rings. The summed E-state index contributed by atoms with van der Waals surface area (Å²) in [6.07, 6.45) is 1.42. The molecular formula is C20H24N2O3. The van der Waals surface area contributed by atoms with E-state index in [1.807, 2.05) is 24.3 Å². The van der Waals surface area contributed by atoms with Crippen molar-refractivity contribution in [3.05, 3.63) is 35.4 Å². The fourth-order valence-electron chi connectivity index (χ4n) is 4.14. The third-order valence-electron chi connectivity index (χ3n) is 5.83. The smallest absolute Gasteiger partial charge is 0.238 e. The standard InChI is InChI=1S/C20H24N2O3/c1-13-11-17-18(12-14(13)2)20(24)22(19(17)23)16-5-3-15(4-6-16)21-7-9-25-10-8-21/h3-6,17-18H,7-12H2,1-2H3/t17-,18+. The molecule has 132 valence electrons. The van der Waals surface area contributed by atoms with Gasteiger partial charge in [0.05, 0.1) is 30.7 Å². The van der Waals surface area contributed by atoms with Crippen molar-refractivity contribution in [2.75, 3.05) is 36.1 Å². The van der Waals surface area contributed by atoms with E-state index >= 15 is 0 Å². The molecule has 0 saturated carbocycles. The van der Waals surface area contributed by atoms with Crippen LogP contribution in [0.5, 0.6) is 0 Å². The molecule has 5 heteroatoms. The minimum absolute atomic E-state index is 0.0408. The van der Waals surface area contributed by atoms with Crippen molar-refractivity contribution < 1.29 is 14.3 Å². The Labute approximate surface area is 148 Å². The van der Waals surface area contributed by atoms with E-state index in [2.05, 4.69) is 18.7 Å². The lowest BCUT2D eigenvalue weighted by Crippen LogP contribution is -2.36. The first-order chi connectivity index (χ1) is 12.1. The molecule has 0 N–H and O–H groups in total. The number of carbonyl (C=O) groups excluding carboxylic acids is 2. The molecule has 4 rings (SSSR count). The van der Waals surface area contributed by atoms with Gasteiger partial charge in [-0.15, -0.1) is 0 Å². The third-order valence-corrected chi connectivity index (χ3v) is 5.83. The Balaban J connectivity index is 1.56. The van der Waals surface area contributed by atoms with Gasteiger partial charge in [0, 0.05) is 18.8 Å². The van der Waals surface area contributed by atoms with Crippen molar-refractivity contribution in [3.8, 4) is 0 Å². The monoisotopic (exact) mass is 340 g/mol. The molecule has 1 aliphatic carbocycles. The normalized spacial score (nSPS) is 27.1. The van der Waals surface area contributed by atoms with E-state index < -0.39 is 0 Å². The Morgan fingerprint density at radius 2 is 1.32 bits per heavy atom. The number of carbonyl (C=O) groups is 2. The van der Waals surface area contributed by atoms with Crippen LogP contribution in [-0.4, -0.2) is 38.1 Å². The zero-order chi connectivity index (χ0) is 17.6. The van der Waals surface area contributed by atoms with Crippen LogP contribution in [0.15, 0.2) is 35.4 Å². The number of morpholine rings is 1. The number of rotatable bonds is 2. The van der Waals surface area contributed by atoms with Gasteiger partial charge in [0.25, 0.3) is 0 Å². The van der Waals surface area contributed by atoms with Crippen LogP contribution in [0.25, 0.3) is 0 Å². The van der Waals surface area contributed by atoms with E-state index in [-0.39, 0.29) is 23.7 Å². The summed E-state index contributed by atoms with van der Waals surface area (Å²) in [5.41, 5.74) is 4.31. The minimum Gasteiger partial charge on any atom is -0.378 e. The fraction of sp³-hybridized carbons (Fsp3) is 0.500. The van der Waals surface area contributed by atoms with Crippen LogP contribution in [0.1, 0.15) is 26.7 Å². The first-order valence-corrected chi connectivity index (χ1v) is 9.02. The maximum Gasteiger partial charge on any atom is 0.238 e. The van der Waals surface area contributed by atoms with Gasteiger partial charge in [0.1, 0.15) is 0 Å². The summed E-state index contributed by atoms with van der Waals surface area (Å²) in [5, 5.41) is 0. The van der Waals surface area contributed by atoms with Crippen molar-refractivity contribution in [2.45, 2.75) is 26.7 Å². The number of imide groups is 1. The Bertz CT molecular complexity index is 700. The van der Waals surface area contributed by atoms with Crippen molar-refractivity contribution in [1.82, 2.24) is 0 Å². The first kappa shape index (κ1) is 16.3. The molecule has 2 heterocycles. The lowest BCUT2D eigenvalue weighted by molar-refractivity contribution is -0.122. The van der Waals surface area contributed by atoms with Crippen LogP contribution >= 0.6 is 0 Å². The number of benzene rings is 1. The molecular weight excluding hydrogens is 316 g/mol. The van der Waals surface area contributed by atoms with E-state index in [1.165, 1.54) is 16.0 Å².